The van der Waals surface area contributed by atoms with Crippen molar-refractivity contribution in [3.63, 3.8) is 0 Å². The number of benzene rings is 3. The van der Waals surface area contributed by atoms with Crippen molar-refractivity contribution in [2.45, 2.75) is 17.8 Å². The number of fused-ring (bicyclic) bond motifs is 6. The van der Waals surface area contributed by atoms with Gasteiger partial charge in [0.25, 0.3) is 0 Å². The van der Waals surface area contributed by atoms with Gasteiger partial charge in [-0.25, -0.2) is 0 Å². The standard InChI is InChI=1S/C38H22N5.Ir/c1-40-29-15-6-14-28(23-29)38-34-20-8-17-31(42-34)36(26-11-3-2-4-12-26)30-16-7-18-32(41-30)37(33-19-9-21-35(38)43-33)27-13-5-10-25(22-27)24-39;/h2-11,15-23,36-38H;/q-3;+3. The topological polar surface area (TPSA) is 66.8 Å². The maximum absolute atomic E-state index is 9.70. The monoisotopic (exact) mass is 741 g/mol. The Kier molecular flexibility index (Phi) is 8.22. The average molecular weight is 741 g/mol. The van der Waals surface area contributed by atoms with Crippen molar-refractivity contribution in [2.75, 3.05) is 0 Å². The van der Waals surface area contributed by atoms with Crippen molar-refractivity contribution in [3.8, 4) is 6.07 Å². The Morgan fingerprint density at radius 2 is 1.05 bits per heavy atom. The third kappa shape index (κ3) is 5.46. The third-order valence-corrected chi connectivity index (χ3v) is 7.71. The summed E-state index contributed by atoms with van der Waals surface area (Å²) >= 11 is 0. The first-order chi connectivity index (χ1) is 21.2. The van der Waals surface area contributed by atoms with E-state index >= 15 is 0 Å². The predicted octanol–water partition coefficient (Wildman–Crippen LogP) is 7.55. The van der Waals surface area contributed by atoms with Crippen LogP contribution >= 0.6 is 0 Å². The normalized spacial score (nSPS) is 16.6. The third-order valence-electron chi connectivity index (χ3n) is 7.71. The van der Waals surface area contributed by atoms with Crippen LogP contribution in [0.3, 0.4) is 0 Å². The molecule has 7 rings (SSSR count). The maximum Gasteiger partial charge on any atom is 3.00 e. The smallest absolute Gasteiger partial charge is 0.265 e. The largest absolute Gasteiger partial charge is 3.00 e. The molecule has 6 bridgehead atoms. The van der Waals surface area contributed by atoms with Gasteiger partial charge in [-0.05, 0) is 36.4 Å². The van der Waals surface area contributed by atoms with Gasteiger partial charge in [-0.15, -0.1) is 17.2 Å². The fraction of sp³-hybridized carbons (Fsp3) is 0.0789. The fourth-order valence-electron chi connectivity index (χ4n) is 5.80. The Hall–Kier alpha value is -5.26. The predicted molar refractivity (Wildman–Crippen MR) is 162 cm³/mol. The molecule has 5 nitrogen and oxygen atoms in total. The van der Waals surface area contributed by atoms with Gasteiger partial charge >= 0.3 is 20.1 Å². The van der Waals surface area contributed by atoms with Crippen molar-refractivity contribution in [3.05, 3.63) is 201 Å². The molecule has 0 amide bonds. The van der Waals surface area contributed by atoms with Crippen LogP contribution in [0, 0.1) is 36.1 Å². The van der Waals surface area contributed by atoms with Gasteiger partial charge in [0.05, 0.1) is 52.5 Å². The van der Waals surface area contributed by atoms with Crippen LogP contribution in [0.15, 0.2) is 115 Å². The Morgan fingerprint density at radius 3 is 1.52 bits per heavy atom. The van der Waals surface area contributed by atoms with Crippen LogP contribution < -0.4 is 0 Å². The number of rotatable bonds is 3. The molecule has 0 radical (unpaired) electrons. The first-order valence-electron chi connectivity index (χ1n) is 13.9. The SMILES string of the molecule is [C-]#[N+]c1cc[c-]c(C2c3cccc(n3)C(c3[c-]cccc3)c3cccc(n3)C(c3[c-]ccc(C#N)c3)c3cccc2n3)c1.[Ir+3]. The van der Waals surface area contributed by atoms with Crippen LogP contribution in [0.2, 0.25) is 0 Å². The number of hydrogen-bond donors (Lipinski definition) is 0. The number of pyridine rings is 3. The van der Waals surface area contributed by atoms with Crippen molar-refractivity contribution in [2.24, 2.45) is 0 Å². The van der Waals surface area contributed by atoms with E-state index in [2.05, 4.69) is 35.2 Å². The molecule has 0 saturated carbocycles. The molecule has 6 aromatic rings. The van der Waals surface area contributed by atoms with Crippen LogP contribution in [-0.2, 0) is 20.1 Å². The van der Waals surface area contributed by atoms with E-state index in [1.54, 1.807) is 24.3 Å². The second-order valence-corrected chi connectivity index (χ2v) is 10.3. The van der Waals surface area contributed by atoms with E-state index in [0.717, 1.165) is 50.9 Å². The van der Waals surface area contributed by atoms with Crippen molar-refractivity contribution < 1.29 is 20.1 Å². The van der Waals surface area contributed by atoms with Crippen LogP contribution in [0.5, 0.6) is 0 Å². The van der Waals surface area contributed by atoms with Crippen LogP contribution in [-0.4, -0.2) is 15.0 Å². The molecule has 3 unspecified atom stereocenters. The first kappa shape index (κ1) is 28.8. The maximum atomic E-state index is 9.70. The van der Waals surface area contributed by atoms with E-state index in [0.29, 0.717) is 11.3 Å². The molecule has 0 N–H and O–H groups in total. The molecule has 3 atom stereocenters. The van der Waals surface area contributed by atoms with Crippen molar-refractivity contribution in [1.29, 1.82) is 5.26 Å². The molecule has 0 saturated heterocycles. The van der Waals surface area contributed by atoms with Gasteiger partial charge in [0.1, 0.15) is 0 Å². The fourth-order valence-corrected chi connectivity index (χ4v) is 5.80. The van der Waals surface area contributed by atoms with E-state index < -0.39 is 0 Å². The zero-order valence-corrected chi connectivity index (χ0v) is 25.7. The number of aromatic nitrogens is 3. The summed E-state index contributed by atoms with van der Waals surface area (Å²) in [5.41, 5.74) is 8.48. The molecule has 208 valence electrons. The van der Waals surface area contributed by atoms with Crippen LogP contribution in [0.4, 0.5) is 5.69 Å². The minimum Gasteiger partial charge on any atom is -0.265 e. The molecule has 1 aliphatic heterocycles. The molecule has 6 heteroatoms. The van der Waals surface area contributed by atoms with E-state index in [9.17, 15) is 5.26 Å². The summed E-state index contributed by atoms with van der Waals surface area (Å²) in [6, 6.07) is 49.2. The Balaban J connectivity index is 0.00000343. The van der Waals surface area contributed by atoms with Gasteiger partial charge in [0.15, 0.2) is 0 Å². The van der Waals surface area contributed by atoms with Crippen LogP contribution in [0.25, 0.3) is 4.85 Å². The van der Waals surface area contributed by atoms with Gasteiger partial charge in [-0.2, -0.15) is 83.6 Å². The molecule has 4 heterocycles. The Labute approximate surface area is 270 Å². The second-order valence-electron chi connectivity index (χ2n) is 10.3. The van der Waals surface area contributed by atoms with E-state index in [-0.39, 0.29) is 37.9 Å². The van der Waals surface area contributed by atoms with E-state index in [4.69, 9.17) is 21.5 Å². The minimum atomic E-state index is -0.376. The molecule has 0 aliphatic carbocycles. The molecule has 3 aromatic carbocycles. The molecular weight excluding hydrogens is 719 g/mol. The van der Waals surface area contributed by atoms with Crippen LogP contribution in [0.1, 0.15) is 74.2 Å². The molecular formula is C38H22IrN5. The Morgan fingerprint density at radius 1 is 0.568 bits per heavy atom. The molecule has 3 aromatic heterocycles. The molecule has 0 fully saturated rings. The summed E-state index contributed by atoms with van der Waals surface area (Å²) in [6.07, 6.45) is 0. The number of nitriles is 1. The first-order valence-corrected chi connectivity index (χ1v) is 13.9. The molecule has 0 spiro atoms. The van der Waals surface area contributed by atoms with Gasteiger partial charge in [-0.1, -0.05) is 23.8 Å². The van der Waals surface area contributed by atoms with Gasteiger partial charge < -0.3 is 0 Å². The quantitative estimate of drug-likeness (QED) is 0.176. The summed E-state index contributed by atoms with van der Waals surface area (Å²) in [5.74, 6) is -1.03. The van der Waals surface area contributed by atoms with E-state index in [1.807, 2.05) is 84.9 Å². The summed E-state index contributed by atoms with van der Waals surface area (Å²) in [6.45, 7) is 7.62. The van der Waals surface area contributed by atoms with Crippen molar-refractivity contribution >= 4 is 5.69 Å². The molecule has 44 heavy (non-hydrogen) atoms. The summed E-state index contributed by atoms with van der Waals surface area (Å²) in [7, 11) is 0. The minimum absolute atomic E-state index is 0. The van der Waals surface area contributed by atoms with Crippen molar-refractivity contribution in [1.82, 2.24) is 15.0 Å². The molecule has 1 aliphatic rings. The van der Waals surface area contributed by atoms with Gasteiger partial charge in [-0.3, -0.25) is 19.8 Å². The van der Waals surface area contributed by atoms with Gasteiger partial charge in [0.2, 0.25) is 0 Å². The second kappa shape index (κ2) is 12.5. The van der Waals surface area contributed by atoms with E-state index in [1.165, 1.54) is 0 Å². The Bertz CT molecular complexity index is 1920. The number of hydrogen-bond acceptors (Lipinski definition) is 4. The summed E-state index contributed by atoms with van der Waals surface area (Å²) in [5, 5.41) is 9.70. The zero-order chi connectivity index (χ0) is 29.2. The summed E-state index contributed by atoms with van der Waals surface area (Å²) < 4.78 is 0. The number of nitrogens with zero attached hydrogens (tertiary/aromatic N) is 5. The van der Waals surface area contributed by atoms with Gasteiger partial charge in [0, 0.05) is 17.8 Å². The summed E-state index contributed by atoms with van der Waals surface area (Å²) in [4.78, 5) is 19.4. The zero-order valence-electron chi connectivity index (χ0n) is 23.3. The average Bonchev–Trinajstić information content (AvgIpc) is 3.06.